The van der Waals surface area contributed by atoms with Crippen LogP contribution in [-0.2, 0) is 9.59 Å². The first kappa shape index (κ1) is 32.7. The number of hydrogen-bond donors (Lipinski definition) is 9. The highest BCUT2D eigenvalue weighted by Crippen LogP contribution is 2.11. The molecule has 7 atom stereocenters. The fourth-order valence-corrected chi connectivity index (χ4v) is 3.46. The van der Waals surface area contributed by atoms with Crippen LogP contribution in [0.1, 0.15) is 78.1 Å². The second kappa shape index (κ2) is 18.9. The molecule has 0 spiro atoms. The highest BCUT2D eigenvalue weighted by atomic mass is 16.4. The van der Waals surface area contributed by atoms with E-state index in [0.717, 1.165) is 25.7 Å². The summed E-state index contributed by atoms with van der Waals surface area (Å²) in [6, 6.07) is -1.41. The Bertz CT molecular complexity index is 551. The van der Waals surface area contributed by atoms with Gasteiger partial charge in [-0.3, -0.25) is 9.59 Å². The minimum Gasteiger partial charge on any atom is -0.394 e. The average molecular weight is 495 g/mol. The third-order valence-corrected chi connectivity index (χ3v) is 5.77. The molecule has 0 fully saturated rings. The largest absolute Gasteiger partial charge is 0.394 e. The van der Waals surface area contributed by atoms with Gasteiger partial charge in [0.2, 0.25) is 5.91 Å². The summed E-state index contributed by atoms with van der Waals surface area (Å²) in [6.07, 6.45) is -0.404. The molecule has 11 nitrogen and oxygen atoms in total. The average Bonchev–Trinajstić information content (AvgIpc) is 2.82. The fourth-order valence-electron chi connectivity index (χ4n) is 3.46. The third kappa shape index (κ3) is 12.9. The van der Waals surface area contributed by atoms with Crippen LogP contribution in [0.3, 0.4) is 0 Å². The first-order chi connectivity index (χ1) is 16.1. The molecule has 0 saturated carbocycles. The summed E-state index contributed by atoms with van der Waals surface area (Å²) in [5, 5.41) is 72.0. The van der Waals surface area contributed by atoms with Crippen molar-refractivity contribution < 1.29 is 45.3 Å². The lowest BCUT2D eigenvalue weighted by Crippen LogP contribution is -2.59. The zero-order chi connectivity index (χ0) is 26.1. The van der Waals surface area contributed by atoms with E-state index in [9.17, 15) is 40.2 Å². The van der Waals surface area contributed by atoms with Crippen LogP contribution in [0.5, 0.6) is 0 Å². The molecular formula is C23H46N2O9. The number of aliphatic hydroxyl groups excluding tert-OH is 7. The molecule has 0 aromatic heterocycles. The second-order valence-corrected chi connectivity index (χ2v) is 8.87. The molecule has 0 aliphatic rings. The lowest BCUT2D eigenvalue weighted by atomic mass is 9.98. The van der Waals surface area contributed by atoms with Gasteiger partial charge in [0.1, 0.15) is 30.5 Å². The van der Waals surface area contributed by atoms with E-state index in [1.807, 2.05) is 0 Å². The summed E-state index contributed by atoms with van der Waals surface area (Å²) in [7, 11) is 0. The van der Waals surface area contributed by atoms with Crippen molar-refractivity contribution in [3.05, 3.63) is 0 Å². The first-order valence-corrected chi connectivity index (χ1v) is 12.4. The number of aliphatic hydroxyl groups is 7. The zero-order valence-electron chi connectivity index (χ0n) is 20.5. The van der Waals surface area contributed by atoms with Gasteiger partial charge in [-0.1, -0.05) is 64.7 Å². The number of carbonyl (C=O) groups is 2. The lowest BCUT2D eigenvalue weighted by Gasteiger charge is -2.29. The Balaban J connectivity index is 4.39. The number of hydrogen-bond acceptors (Lipinski definition) is 9. The van der Waals surface area contributed by atoms with Crippen LogP contribution >= 0.6 is 0 Å². The maximum absolute atomic E-state index is 12.4. The topological polar surface area (TPSA) is 200 Å². The summed E-state index contributed by atoms with van der Waals surface area (Å²) in [5.41, 5.74) is 0. The van der Waals surface area contributed by atoms with E-state index < -0.39 is 61.1 Å². The Morgan fingerprint density at radius 3 is 1.68 bits per heavy atom. The standard InChI is InChI=1S/C23H46N2O9/c1-3-4-5-6-7-8-9-10-11-12-13-24-22(33)17(15(2)27)25-23(34)21(32)20(31)19(30)18(29)16(28)14-26/h15-21,26-32H,3-14H2,1-2H3,(H,24,33)(H,25,34)/t15-,16-,17+,18-,19+,20-,21-/m1/s1. The molecule has 0 saturated heterocycles. The molecule has 0 aliphatic carbocycles. The highest BCUT2D eigenvalue weighted by molar-refractivity contribution is 5.90. The van der Waals surface area contributed by atoms with Gasteiger partial charge in [0.05, 0.1) is 12.7 Å². The smallest absolute Gasteiger partial charge is 0.252 e. The van der Waals surface area contributed by atoms with Gasteiger partial charge >= 0.3 is 0 Å². The number of carbonyl (C=O) groups excluding carboxylic acids is 2. The van der Waals surface area contributed by atoms with Crippen molar-refractivity contribution in [2.24, 2.45) is 0 Å². The molecule has 0 bridgehead atoms. The number of nitrogens with one attached hydrogen (secondary N) is 2. The number of amides is 2. The molecular weight excluding hydrogens is 448 g/mol. The van der Waals surface area contributed by atoms with E-state index in [0.29, 0.717) is 6.54 Å². The van der Waals surface area contributed by atoms with Gasteiger partial charge in [-0.05, 0) is 13.3 Å². The van der Waals surface area contributed by atoms with Crippen molar-refractivity contribution in [1.29, 1.82) is 0 Å². The van der Waals surface area contributed by atoms with E-state index in [-0.39, 0.29) is 0 Å². The molecule has 202 valence electrons. The normalized spacial score (nSPS) is 17.8. The van der Waals surface area contributed by atoms with Crippen molar-refractivity contribution in [3.8, 4) is 0 Å². The molecule has 34 heavy (non-hydrogen) atoms. The fraction of sp³-hybridized carbons (Fsp3) is 0.913. The predicted octanol–water partition coefficient (Wildman–Crippen LogP) is -1.31. The van der Waals surface area contributed by atoms with Crippen molar-refractivity contribution in [1.82, 2.24) is 10.6 Å². The molecule has 0 heterocycles. The second-order valence-electron chi connectivity index (χ2n) is 8.87. The maximum atomic E-state index is 12.4. The van der Waals surface area contributed by atoms with Gasteiger partial charge in [0.15, 0.2) is 6.10 Å². The maximum Gasteiger partial charge on any atom is 0.252 e. The van der Waals surface area contributed by atoms with Crippen molar-refractivity contribution in [2.75, 3.05) is 13.2 Å². The summed E-state index contributed by atoms with van der Waals surface area (Å²) in [6.45, 7) is 2.89. The van der Waals surface area contributed by atoms with Crippen LogP contribution in [-0.4, -0.2) is 103 Å². The van der Waals surface area contributed by atoms with Crippen molar-refractivity contribution in [2.45, 2.75) is 121 Å². The monoisotopic (exact) mass is 494 g/mol. The Kier molecular flexibility index (Phi) is 18.2. The molecule has 0 aromatic carbocycles. The Hall–Kier alpha value is -1.34. The summed E-state index contributed by atoms with van der Waals surface area (Å²) < 4.78 is 0. The van der Waals surface area contributed by atoms with Crippen LogP contribution in [0.25, 0.3) is 0 Å². The molecule has 0 aromatic rings. The quantitative estimate of drug-likeness (QED) is 0.0921. The molecule has 0 aliphatic heterocycles. The minimum absolute atomic E-state index is 0.351. The Morgan fingerprint density at radius 1 is 0.706 bits per heavy atom. The minimum atomic E-state index is -2.27. The van der Waals surface area contributed by atoms with Gasteiger partial charge in [-0.15, -0.1) is 0 Å². The molecule has 9 N–H and O–H groups in total. The lowest BCUT2D eigenvalue weighted by molar-refractivity contribution is -0.158. The van der Waals surface area contributed by atoms with Crippen LogP contribution in [0.4, 0.5) is 0 Å². The summed E-state index contributed by atoms with van der Waals surface area (Å²) in [5.74, 6) is -1.94. The zero-order valence-corrected chi connectivity index (χ0v) is 20.5. The van der Waals surface area contributed by atoms with Crippen LogP contribution in [0.2, 0.25) is 0 Å². The third-order valence-electron chi connectivity index (χ3n) is 5.77. The van der Waals surface area contributed by atoms with E-state index in [2.05, 4.69) is 17.6 Å². The first-order valence-electron chi connectivity index (χ1n) is 12.4. The van der Waals surface area contributed by atoms with Gasteiger partial charge in [0, 0.05) is 6.54 Å². The van der Waals surface area contributed by atoms with E-state index in [1.54, 1.807) is 0 Å². The van der Waals surface area contributed by atoms with Crippen LogP contribution in [0, 0.1) is 0 Å². The molecule has 11 heteroatoms. The predicted molar refractivity (Wildman–Crippen MR) is 126 cm³/mol. The SMILES string of the molecule is CCCCCCCCCCCCNC(=O)[C@@H](NC(=O)[C@H](O)[C@H](O)[C@@H](O)[C@H](O)[C@H](O)CO)[C@@H](C)O. The van der Waals surface area contributed by atoms with Gasteiger partial charge in [-0.25, -0.2) is 0 Å². The molecule has 0 rings (SSSR count). The van der Waals surface area contributed by atoms with Gasteiger partial charge in [-0.2, -0.15) is 0 Å². The van der Waals surface area contributed by atoms with Crippen LogP contribution in [0.15, 0.2) is 0 Å². The van der Waals surface area contributed by atoms with Crippen LogP contribution < -0.4 is 10.6 Å². The number of unbranched alkanes of at least 4 members (excludes halogenated alkanes) is 9. The summed E-state index contributed by atoms with van der Waals surface area (Å²) in [4.78, 5) is 24.6. The van der Waals surface area contributed by atoms with E-state index >= 15 is 0 Å². The van der Waals surface area contributed by atoms with Crippen molar-refractivity contribution in [3.63, 3.8) is 0 Å². The molecule has 2 amide bonds. The molecule has 0 radical (unpaired) electrons. The van der Waals surface area contributed by atoms with Crippen molar-refractivity contribution >= 4 is 11.8 Å². The number of rotatable bonds is 20. The van der Waals surface area contributed by atoms with E-state index in [4.69, 9.17) is 5.11 Å². The van der Waals surface area contributed by atoms with Gasteiger partial charge in [0.25, 0.3) is 5.91 Å². The Morgan fingerprint density at radius 2 is 1.21 bits per heavy atom. The summed E-state index contributed by atoms with van der Waals surface area (Å²) >= 11 is 0. The Labute approximate surface area is 202 Å². The highest BCUT2D eigenvalue weighted by Gasteiger charge is 2.38. The van der Waals surface area contributed by atoms with Gasteiger partial charge < -0.3 is 46.4 Å². The molecule has 0 unspecified atom stereocenters. The van der Waals surface area contributed by atoms with E-state index in [1.165, 1.54) is 45.4 Å².